The van der Waals surface area contributed by atoms with Gasteiger partial charge in [-0.3, -0.25) is 0 Å². The molecule has 0 bridgehead atoms. The molecule has 0 aromatic heterocycles. The Hall–Kier alpha value is -0.740. The lowest BCUT2D eigenvalue weighted by molar-refractivity contribution is -0.0778. The first-order valence-electron chi connectivity index (χ1n) is 11.7. The Kier molecular flexibility index (Phi) is 10.9. The van der Waals surface area contributed by atoms with E-state index in [4.69, 9.17) is 9.47 Å². The van der Waals surface area contributed by atoms with Crippen molar-refractivity contribution in [2.75, 3.05) is 13.2 Å². The minimum absolute atomic E-state index is 0.367. The third kappa shape index (κ3) is 7.79. The van der Waals surface area contributed by atoms with Gasteiger partial charge >= 0.3 is 0 Å². The number of allylic oxidation sites excluding steroid dienone is 1. The summed E-state index contributed by atoms with van der Waals surface area (Å²) in [4.78, 5) is 0. The molecule has 2 rings (SSSR count). The average Bonchev–Trinajstić information content (AvgIpc) is 2.77. The van der Waals surface area contributed by atoms with E-state index in [2.05, 4.69) is 19.2 Å². The molecule has 0 heterocycles. The van der Waals surface area contributed by atoms with Gasteiger partial charge in [0, 0.05) is 6.61 Å². The maximum Gasteiger partial charge on any atom is 0.159 e. The molecule has 168 valence electrons. The smallest absolute Gasteiger partial charge is 0.159 e. The minimum atomic E-state index is -1.67. The summed E-state index contributed by atoms with van der Waals surface area (Å²) in [6, 6.07) is 0. The maximum absolute atomic E-state index is 14.5. The second-order valence-electron chi connectivity index (χ2n) is 9.27. The van der Waals surface area contributed by atoms with Crippen molar-refractivity contribution in [2.24, 2.45) is 23.7 Å². The van der Waals surface area contributed by atoms with Crippen molar-refractivity contribution in [1.29, 1.82) is 0 Å². The lowest BCUT2D eigenvalue weighted by Crippen LogP contribution is -2.39. The minimum Gasteiger partial charge on any atom is -0.375 e. The zero-order valence-electron chi connectivity index (χ0n) is 18.5. The fourth-order valence-corrected chi connectivity index (χ4v) is 5.01. The van der Waals surface area contributed by atoms with Crippen LogP contribution in [-0.4, -0.2) is 37.8 Å². The van der Waals surface area contributed by atoms with E-state index >= 15 is 0 Å². The number of halogens is 2. The summed E-state index contributed by atoms with van der Waals surface area (Å²) in [5.41, 5.74) is 0. The van der Waals surface area contributed by atoms with Gasteiger partial charge in [-0.1, -0.05) is 12.2 Å². The molecular weight excluding hydrogens is 370 g/mol. The molecule has 0 amide bonds. The van der Waals surface area contributed by atoms with Crippen LogP contribution < -0.4 is 0 Å². The first kappa shape index (κ1) is 24.5. The van der Waals surface area contributed by atoms with Crippen LogP contribution in [0, 0.1) is 23.7 Å². The Bertz CT molecular complexity index is 467. The summed E-state index contributed by atoms with van der Waals surface area (Å²) >= 11 is 0. The number of hydrogen-bond donors (Lipinski definition) is 0. The van der Waals surface area contributed by atoms with Crippen molar-refractivity contribution in [3.63, 3.8) is 0 Å². The van der Waals surface area contributed by atoms with Crippen LogP contribution in [-0.2, 0) is 9.47 Å². The van der Waals surface area contributed by atoms with E-state index in [1.807, 2.05) is 0 Å². The van der Waals surface area contributed by atoms with E-state index in [9.17, 15) is 8.78 Å². The van der Waals surface area contributed by atoms with Crippen molar-refractivity contribution in [2.45, 2.75) is 96.2 Å². The number of alkyl halides is 2. The van der Waals surface area contributed by atoms with E-state index in [1.54, 1.807) is 19.9 Å². The standard InChI is InChI=1S/C25H42F2O2/c1-5-7-16-28-18(3)24(26)25(27)19(4)29-17-21-10-14-23(15-11-21)22-12-8-20(6-2)9-13-22/h5-6,18-25H,1-2,7-17H2,3-4H3. The van der Waals surface area contributed by atoms with Crippen LogP contribution in [0.4, 0.5) is 8.78 Å². The molecule has 2 aliphatic rings. The van der Waals surface area contributed by atoms with Gasteiger partial charge in [0.05, 0.1) is 18.8 Å². The van der Waals surface area contributed by atoms with Crippen LogP contribution in [0.15, 0.2) is 25.3 Å². The van der Waals surface area contributed by atoms with Crippen LogP contribution in [0.2, 0.25) is 0 Å². The van der Waals surface area contributed by atoms with Gasteiger partial charge in [-0.2, -0.15) is 0 Å². The zero-order valence-corrected chi connectivity index (χ0v) is 18.5. The number of ether oxygens (including phenoxy) is 2. The summed E-state index contributed by atoms with van der Waals surface area (Å²) in [5, 5.41) is 0. The Morgan fingerprint density at radius 3 is 1.86 bits per heavy atom. The molecule has 2 aliphatic carbocycles. The molecule has 0 saturated heterocycles. The van der Waals surface area contributed by atoms with Crippen molar-refractivity contribution < 1.29 is 18.3 Å². The van der Waals surface area contributed by atoms with Gasteiger partial charge in [-0.25, -0.2) is 8.78 Å². The van der Waals surface area contributed by atoms with Crippen molar-refractivity contribution in [3.05, 3.63) is 25.3 Å². The first-order chi connectivity index (χ1) is 14.0. The lowest BCUT2D eigenvalue weighted by atomic mass is 9.69. The van der Waals surface area contributed by atoms with Gasteiger partial charge in [-0.05, 0) is 95.3 Å². The second kappa shape index (κ2) is 12.8. The van der Waals surface area contributed by atoms with Gasteiger partial charge in [0.1, 0.15) is 0 Å². The Morgan fingerprint density at radius 1 is 0.828 bits per heavy atom. The highest BCUT2D eigenvalue weighted by Crippen LogP contribution is 2.41. The molecule has 0 radical (unpaired) electrons. The van der Waals surface area contributed by atoms with Crippen molar-refractivity contribution in [3.8, 4) is 0 Å². The lowest BCUT2D eigenvalue weighted by Gasteiger charge is -2.37. The fraction of sp³-hybridized carbons (Fsp3) is 0.840. The van der Waals surface area contributed by atoms with E-state index in [0.29, 0.717) is 25.6 Å². The van der Waals surface area contributed by atoms with Crippen LogP contribution >= 0.6 is 0 Å². The molecule has 0 N–H and O–H groups in total. The molecule has 2 fully saturated rings. The van der Waals surface area contributed by atoms with Crippen molar-refractivity contribution in [1.82, 2.24) is 0 Å². The van der Waals surface area contributed by atoms with Gasteiger partial charge in [-0.15, -0.1) is 13.2 Å². The van der Waals surface area contributed by atoms with Gasteiger partial charge in [0.2, 0.25) is 0 Å². The monoisotopic (exact) mass is 412 g/mol. The topological polar surface area (TPSA) is 18.5 Å². The summed E-state index contributed by atoms with van der Waals surface area (Å²) < 4.78 is 39.9. The summed E-state index contributed by atoms with van der Waals surface area (Å²) in [7, 11) is 0. The highest BCUT2D eigenvalue weighted by atomic mass is 19.2. The average molecular weight is 413 g/mol. The molecule has 29 heavy (non-hydrogen) atoms. The predicted octanol–water partition coefficient (Wildman–Crippen LogP) is 6.85. The molecule has 2 saturated carbocycles. The van der Waals surface area contributed by atoms with Crippen molar-refractivity contribution >= 4 is 0 Å². The van der Waals surface area contributed by atoms with Crippen LogP contribution in [0.5, 0.6) is 0 Å². The first-order valence-corrected chi connectivity index (χ1v) is 11.7. The van der Waals surface area contributed by atoms with E-state index in [-0.39, 0.29) is 0 Å². The van der Waals surface area contributed by atoms with E-state index < -0.39 is 24.6 Å². The molecule has 4 heteroatoms. The van der Waals surface area contributed by atoms with Gasteiger partial charge in [0.25, 0.3) is 0 Å². The van der Waals surface area contributed by atoms with Crippen LogP contribution in [0.25, 0.3) is 0 Å². The van der Waals surface area contributed by atoms with Gasteiger partial charge in [0.15, 0.2) is 12.3 Å². The molecular formula is C25H42F2O2. The van der Waals surface area contributed by atoms with E-state index in [0.717, 1.165) is 30.6 Å². The number of rotatable bonds is 12. The Balaban J connectivity index is 1.64. The molecule has 0 aromatic carbocycles. The second-order valence-corrected chi connectivity index (χ2v) is 9.27. The third-order valence-corrected chi connectivity index (χ3v) is 7.21. The molecule has 2 nitrogen and oxygen atoms in total. The fourth-order valence-electron chi connectivity index (χ4n) is 5.01. The molecule has 4 atom stereocenters. The Morgan fingerprint density at radius 2 is 1.34 bits per heavy atom. The summed E-state index contributed by atoms with van der Waals surface area (Å²) in [6.45, 7) is 11.7. The highest BCUT2D eigenvalue weighted by molar-refractivity contribution is 4.87. The molecule has 0 spiro atoms. The third-order valence-electron chi connectivity index (χ3n) is 7.21. The molecule has 0 aliphatic heterocycles. The zero-order chi connectivity index (χ0) is 21.2. The largest absolute Gasteiger partial charge is 0.375 e. The normalized spacial score (nSPS) is 32.1. The molecule has 4 unspecified atom stereocenters. The van der Waals surface area contributed by atoms with Crippen LogP contribution in [0.3, 0.4) is 0 Å². The maximum atomic E-state index is 14.5. The highest BCUT2D eigenvalue weighted by Gasteiger charge is 2.34. The summed E-state index contributed by atoms with van der Waals surface area (Å²) in [6.07, 6.45) is 9.70. The van der Waals surface area contributed by atoms with Gasteiger partial charge < -0.3 is 9.47 Å². The predicted molar refractivity (Wildman–Crippen MR) is 117 cm³/mol. The molecule has 0 aromatic rings. The van der Waals surface area contributed by atoms with Crippen LogP contribution in [0.1, 0.15) is 71.6 Å². The number of hydrogen-bond acceptors (Lipinski definition) is 2. The summed E-state index contributed by atoms with van der Waals surface area (Å²) in [5.74, 6) is 2.91. The van der Waals surface area contributed by atoms with E-state index in [1.165, 1.54) is 38.5 Å². The Labute approximate surface area is 177 Å². The SMILES string of the molecule is C=CCCOC(C)C(F)C(F)C(C)OCC1CCC(C2CCC(C=C)CC2)CC1. The quantitative estimate of drug-likeness (QED) is 0.258.